The maximum atomic E-state index is 12.6. The van der Waals surface area contributed by atoms with Gasteiger partial charge in [-0.1, -0.05) is 61.2 Å². The molecule has 2 aromatic carbocycles. The maximum Gasteiger partial charge on any atom is 0.288 e. The first-order chi connectivity index (χ1) is 13.6. The van der Waals surface area contributed by atoms with E-state index in [1.54, 1.807) is 4.68 Å². The SMILES string of the molecule is O=c1[nH]nc(-c2ccc(Br)cc2)c2c1Nc1nnnn1C2c1cccc(Br)c1. The van der Waals surface area contributed by atoms with E-state index < -0.39 is 6.04 Å². The smallest absolute Gasteiger partial charge is 0.288 e. The van der Waals surface area contributed by atoms with Crippen molar-refractivity contribution >= 4 is 43.5 Å². The molecule has 1 aliphatic heterocycles. The molecule has 10 heteroatoms. The molecular weight excluding hydrogens is 490 g/mol. The van der Waals surface area contributed by atoms with Gasteiger partial charge < -0.3 is 5.32 Å². The molecule has 0 spiro atoms. The number of hydrogen-bond acceptors (Lipinski definition) is 6. The number of aromatic amines is 1. The van der Waals surface area contributed by atoms with E-state index in [0.717, 1.165) is 20.1 Å². The lowest BCUT2D eigenvalue weighted by Crippen LogP contribution is -2.29. The average Bonchev–Trinajstić information content (AvgIpc) is 3.16. The summed E-state index contributed by atoms with van der Waals surface area (Å²) in [6.07, 6.45) is 0. The second kappa shape index (κ2) is 6.64. The normalized spacial score (nSPS) is 14.9. The first kappa shape index (κ1) is 17.3. The summed E-state index contributed by atoms with van der Waals surface area (Å²) in [5.41, 5.74) is 3.22. The van der Waals surface area contributed by atoms with Gasteiger partial charge in [-0.15, -0.1) is 0 Å². The first-order valence-electron chi connectivity index (χ1n) is 8.30. The zero-order chi connectivity index (χ0) is 19.3. The van der Waals surface area contributed by atoms with Gasteiger partial charge in [0.25, 0.3) is 5.56 Å². The molecule has 2 N–H and O–H groups in total. The molecule has 0 fully saturated rings. The highest BCUT2D eigenvalue weighted by molar-refractivity contribution is 9.10. The first-order valence-corrected chi connectivity index (χ1v) is 9.89. The Morgan fingerprint density at radius 2 is 1.86 bits per heavy atom. The van der Waals surface area contributed by atoms with Crippen molar-refractivity contribution < 1.29 is 0 Å². The summed E-state index contributed by atoms with van der Waals surface area (Å²) in [4.78, 5) is 12.6. The minimum absolute atomic E-state index is 0.329. The van der Waals surface area contributed by atoms with Crippen molar-refractivity contribution in [3.8, 4) is 11.3 Å². The molecule has 0 aliphatic carbocycles. The quantitative estimate of drug-likeness (QED) is 0.383. The van der Waals surface area contributed by atoms with Crippen LogP contribution >= 0.6 is 31.9 Å². The number of H-pyrrole nitrogens is 1. The number of benzene rings is 2. The summed E-state index contributed by atoms with van der Waals surface area (Å²) < 4.78 is 3.54. The van der Waals surface area contributed by atoms with E-state index in [2.05, 4.69) is 62.9 Å². The predicted octanol–water partition coefficient (Wildman–Crippen LogP) is 3.64. The molecule has 138 valence electrons. The molecule has 28 heavy (non-hydrogen) atoms. The molecule has 0 saturated heterocycles. The Hall–Kier alpha value is -2.85. The third-order valence-corrected chi connectivity index (χ3v) is 5.57. The second-order valence-corrected chi connectivity index (χ2v) is 8.06. The average molecular weight is 501 g/mol. The summed E-state index contributed by atoms with van der Waals surface area (Å²) in [6.45, 7) is 0. The third kappa shape index (κ3) is 2.76. The van der Waals surface area contributed by atoms with E-state index in [1.807, 2.05) is 48.5 Å². The summed E-state index contributed by atoms with van der Waals surface area (Å²) in [5.74, 6) is 0.399. The fourth-order valence-electron chi connectivity index (χ4n) is 3.35. The topological polar surface area (TPSA) is 101 Å². The lowest BCUT2D eigenvalue weighted by Gasteiger charge is -2.27. The van der Waals surface area contributed by atoms with Crippen LogP contribution in [0, 0.1) is 0 Å². The van der Waals surface area contributed by atoms with Crippen molar-refractivity contribution in [2.24, 2.45) is 0 Å². The lowest BCUT2D eigenvalue weighted by atomic mass is 9.92. The van der Waals surface area contributed by atoms with E-state index >= 15 is 0 Å². The van der Waals surface area contributed by atoms with Crippen molar-refractivity contribution in [2.45, 2.75) is 6.04 Å². The van der Waals surface area contributed by atoms with Gasteiger partial charge in [0.05, 0.1) is 5.69 Å². The van der Waals surface area contributed by atoms with Crippen molar-refractivity contribution in [3.63, 3.8) is 0 Å². The summed E-state index contributed by atoms with van der Waals surface area (Å²) in [7, 11) is 0. The molecule has 0 saturated carbocycles. The number of aromatic nitrogens is 6. The minimum Gasteiger partial charge on any atom is -0.318 e. The van der Waals surface area contributed by atoms with Gasteiger partial charge in [0.15, 0.2) is 0 Å². The maximum absolute atomic E-state index is 12.6. The van der Waals surface area contributed by atoms with Crippen LogP contribution in [0.1, 0.15) is 17.2 Å². The van der Waals surface area contributed by atoms with Crippen LogP contribution in [0.2, 0.25) is 0 Å². The van der Waals surface area contributed by atoms with Gasteiger partial charge in [-0.2, -0.15) is 9.78 Å². The number of nitrogens with one attached hydrogen (secondary N) is 2. The van der Waals surface area contributed by atoms with Crippen molar-refractivity contribution in [1.82, 2.24) is 30.4 Å². The van der Waals surface area contributed by atoms with Crippen LogP contribution in [0.3, 0.4) is 0 Å². The molecule has 8 nitrogen and oxygen atoms in total. The molecule has 5 rings (SSSR count). The second-order valence-electron chi connectivity index (χ2n) is 6.23. The van der Waals surface area contributed by atoms with Gasteiger partial charge in [0.1, 0.15) is 11.7 Å². The Labute approximate surface area is 175 Å². The summed E-state index contributed by atoms with van der Waals surface area (Å²) >= 11 is 6.97. The Bertz CT molecular complexity index is 1250. The molecule has 1 aliphatic rings. The van der Waals surface area contributed by atoms with Gasteiger partial charge in [0, 0.05) is 20.1 Å². The Kier molecular flexibility index (Phi) is 4.09. The number of tetrazole rings is 1. The van der Waals surface area contributed by atoms with Gasteiger partial charge in [0.2, 0.25) is 5.95 Å². The summed E-state index contributed by atoms with van der Waals surface area (Å²) in [5, 5.41) is 21.9. The molecular formula is C18H11Br2N7O. The van der Waals surface area contributed by atoms with Crippen LogP contribution in [0.25, 0.3) is 11.3 Å². The van der Waals surface area contributed by atoms with Crippen LogP contribution < -0.4 is 10.9 Å². The standard InChI is InChI=1S/C18H11Br2N7O/c19-11-6-4-9(5-7-11)14-13-15(17(28)23-22-14)21-18-24-25-26-27(18)16(13)10-2-1-3-12(20)8-10/h1-8,16H,(H,23,28)(H,21,24,26). The molecule has 0 amide bonds. The number of hydrogen-bond donors (Lipinski definition) is 2. The highest BCUT2D eigenvalue weighted by Gasteiger charge is 2.34. The molecule has 3 heterocycles. The third-order valence-electron chi connectivity index (χ3n) is 4.55. The van der Waals surface area contributed by atoms with Crippen LogP contribution in [-0.2, 0) is 0 Å². The lowest BCUT2D eigenvalue weighted by molar-refractivity contribution is 0.567. The highest BCUT2D eigenvalue weighted by atomic mass is 79.9. The van der Waals surface area contributed by atoms with E-state index in [0.29, 0.717) is 22.9 Å². The Morgan fingerprint density at radius 1 is 1.04 bits per heavy atom. The number of rotatable bonds is 2. The molecule has 2 aromatic heterocycles. The van der Waals surface area contributed by atoms with Crippen LogP contribution in [-0.4, -0.2) is 30.4 Å². The molecule has 0 radical (unpaired) electrons. The fourth-order valence-corrected chi connectivity index (χ4v) is 4.03. The van der Waals surface area contributed by atoms with Gasteiger partial charge in [-0.25, -0.2) is 5.10 Å². The molecule has 0 bridgehead atoms. The molecule has 4 aromatic rings. The van der Waals surface area contributed by atoms with E-state index in [9.17, 15) is 4.79 Å². The zero-order valence-corrected chi connectivity index (χ0v) is 17.3. The molecule has 1 atom stereocenters. The number of nitrogens with zero attached hydrogens (tertiary/aromatic N) is 5. The van der Waals surface area contributed by atoms with Crippen LogP contribution in [0.5, 0.6) is 0 Å². The fraction of sp³-hybridized carbons (Fsp3) is 0.0556. The number of anilines is 2. The van der Waals surface area contributed by atoms with Crippen molar-refractivity contribution in [2.75, 3.05) is 5.32 Å². The largest absolute Gasteiger partial charge is 0.318 e. The monoisotopic (exact) mass is 499 g/mol. The van der Waals surface area contributed by atoms with Crippen LogP contribution in [0.4, 0.5) is 11.6 Å². The van der Waals surface area contributed by atoms with E-state index in [-0.39, 0.29) is 5.56 Å². The predicted molar refractivity (Wildman–Crippen MR) is 110 cm³/mol. The van der Waals surface area contributed by atoms with E-state index in [4.69, 9.17) is 0 Å². The van der Waals surface area contributed by atoms with Gasteiger partial charge in [-0.05, 0) is 40.3 Å². The van der Waals surface area contributed by atoms with Crippen molar-refractivity contribution in [3.05, 3.63) is 79.0 Å². The van der Waals surface area contributed by atoms with Gasteiger partial charge >= 0.3 is 0 Å². The number of halogens is 2. The van der Waals surface area contributed by atoms with Crippen molar-refractivity contribution in [1.29, 1.82) is 0 Å². The van der Waals surface area contributed by atoms with Crippen LogP contribution in [0.15, 0.2) is 62.3 Å². The summed E-state index contributed by atoms with van der Waals surface area (Å²) in [6, 6.07) is 15.2. The molecule has 1 unspecified atom stereocenters. The van der Waals surface area contributed by atoms with E-state index in [1.165, 1.54) is 0 Å². The van der Waals surface area contributed by atoms with Gasteiger partial charge in [-0.3, -0.25) is 4.79 Å². The highest BCUT2D eigenvalue weighted by Crippen LogP contribution is 2.41. The number of fused-ring (bicyclic) bond motifs is 2. The zero-order valence-electron chi connectivity index (χ0n) is 14.1. The minimum atomic E-state index is -0.410. The Balaban J connectivity index is 1.82. The Morgan fingerprint density at radius 3 is 2.64 bits per heavy atom.